The molecule has 0 saturated heterocycles. The topological polar surface area (TPSA) is 34.6 Å². The van der Waals surface area contributed by atoms with E-state index in [1.807, 2.05) is 12.1 Å². The second-order valence-electron chi connectivity index (χ2n) is 5.19. The van der Waals surface area contributed by atoms with Crippen molar-refractivity contribution in [2.45, 2.75) is 11.4 Å². The molecule has 0 amide bonds. The lowest BCUT2D eigenvalue weighted by molar-refractivity contribution is 0.172. The van der Waals surface area contributed by atoms with Crippen molar-refractivity contribution in [2.24, 2.45) is 0 Å². The average Bonchev–Trinajstić information content (AvgIpc) is 3.23. The van der Waals surface area contributed by atoms with E-state index in [9.17, 15) is 0 Å². The van der Waals surface area contributed by atoms with Crippen LogP contribution < -0.4 is 14.4 Å². The number of anilines is 1. The Morgan fingerprint density at radius 2 is 2.09 bits per heavy atom. The number of para-hydroxylation sites is 1. The molecule has 2 aliphatic rings. The average molecular weight is 328 g/mol. The first-order valence-electron chi connectivity index (χ1n) is 7.03. The van der Waals surface area contributed by atoms with Gasteiger partial charge in [0, 0.05) is 0 Å². The van der Waals surface area contributed by atoms with Gasteiger partial charge in [-0.15, -0.1) is 11.3 Å². The van der Waals surface area contributed by atoms with Crippen LogP contribution in [0.5, 0.6) is 11.5 Å². The van der Waals surface area contributed by atoms with Crippen molar-refractivity contribution >= 4 is 39.0 Å². The summed E-state index contributed by atoms with van der Waals surface area (Å²) < 4.78 is 12.3. The number of benzene rings is 2. The summed E-state index contributed by atoms with van der Waals surface area (Å²) in [5.41, 5.74) is 2.30. The van der Waals surface area contributed by atoms with E-state index in [0.29, 0.717) is 6.79 Å². The Morgan fingerprint density at radius 3 is 3.05 bits per heavy atom. The number of thioether (sulfide) groups is 1. The van der Waals surface area contributed by atoms with Gasteiger partial charge in [-0.2, -0.15) is 0 Å². The summed E-state index contributed by atoms with van der Waals surface area (Å²) in [5.74, 6) is 2.67. The van der Waals surface area contributed by atoms with Crippen LogP contribution in [0, 0.1) is 0 Å². The van der Waals surface area contributed by atoms with E-state index in [4.69, 9.17) is 14.5 Å². The van der Waals surface area contributed by atoms with Crippen LogP contribution in [-0.2, 0) is 6.54 Å². The van der Waals surface area contributed by atoms with Gasteiger partial charge in [-0.25, -0.2) is 4.98 Å². The maximum atomic E-state index is 5.61. The SMILES string of the molecule is c1ccc2sc(CN3CSc4c3ccc3c4OCO3)nc2c1. The largest absolute Gasteiger partial charge is 0.454 e. The van der Waals surface area contributed by atoms with Crippen molar-refractivity contribution in [1.29, 1.82) is 0 Å². The van der Waals surface area contributed by atoms with E-state index < -0.39 is 0 Å². The maximum Gasteiger partial charge on any atom is 0.231 e. The predicted molar refractivity (Wildman–Crippen MR) is 89.1 cm³/mol. The molecule has 3 aromatic rings. The predicted octanol–water partition coefficient (Wildman–Crippen LogP) is 4.09. The smallest absolute Gasteiger partial charge is 0.231 e. The highest BCUT2D eigenvalue weighted by molar-refractivity contribution is 8.00. The molecule has 4 nitrogen and oxygen atoms in total. The number of nitrogens with zero attached hydrogens (tertiary/aromatic N) is 2. The first kappa shape index (κ1) is 12.6. The van der Waals surface area contributed by atoms with Crippen molar-refractivity contribution in [3.05, 3.63) is 41.4 Å². The van der Waals surface area contributed by atoms with Crippen molar-refractivity contribution in [3.63, 3.8) is 0 Å². The van der Waals surface area contributed by atoms with Gasteiger partial charge >= 0.3 is 0 Å². The molecule has 0 spiro atoms. The van der Waals surface area contributed by atoms with Crippen molar-refractivity contribution in [3.8, 4) is 11.5 Å². The van der Waals surface area contributed by atoms with Crippen LogP contribution in [0.15, 0.2) is 41.3 Å². The van der Waals surface area contributed by atoms with E-state index in [-0.39, 0.29) is 0 Å². The minimum atomic E-state index is 0.324. The van der Waals surface area contributed by atoms with Gasteiger partial charge in [0.05, 0.1) is 33.2 Å². The Balaban J connectivity index is 1.49. The molecule has 0 bridgehead atoms. The maximum absolute atomic E-state index is 5.61. The van der Waals surface area contributed by atoms with Crippen LogP contribution in [-0.4, -0.2) is 17.7 Å². The third-order valence-electron chi connectivity index (χ3n) is 3.84. The number of ether oxygens (including phenoxy) is 2. The molecular weight excluding hydrogens is 316 g/mol. The Bertz CT molecular complexity index is 845. The Labute approximate surface area is 135 Å². The summed E-state index contributed by atoms with van der Waals surface area (Å²) in [6.45, 7) is 1.16. The molecule has 2 aliphatic heterocycles. The quantitative estimate of drug-likeness (QED) is 0.708. The summed E-state index contributed by atoms with van der Waals surface area (Å²) >= 11 is 3.57. The zero-order valence-corrected chi connectivity index (χ0v) is 13.2. The first-order valence-corrected chi connectivity index (χ1v) is 8.83. The summed E-state index contributed by atoms with van der Waals surface area (Å²) in [6, 6.07) is 12.4. The molecule has 0 unspecified atom stereocenters. The van der Waals surface area contributed by atoms with Gasteiger partial charge in [-0.3, -0.25) is 0 Å². The fourth-order valence-corrected chi connectivity index (χ4v) is 4.95. The Hall–Kier alpha value is -1.92. The number of hydrogen-bond acceptors (Lipinski definition) is 6. The van der Waals surface area contributed by atoms with Crippen molar-refractivity contribution in [1.82, 2.24) is 4.98 Å². The van der Waals surface area contributed by atoms with E-state index >= 15 is 0 Å². The van der Waals surface area contributed by atoms with E-state index in [0.717, 1.165) is 34.4 Å². The van der Waals surface area contributed by atoms with E-state index in [1.54, 1.807) is 23.1 Å². The third kappa shape index (κ3) is 1.87. The normalized spacial score (nSPS) is 15.5. The lowest BCUT2D eigenvalue weighted by Gasteiger charge is -2.16. The van der Waals surface area contributed by atoms with Crippen LogP contribution in [0.3, 0.4) is 0 Å². The van der Waals surface area contributed by atoms with Crippen LogP contribution in [0.2, 0.25) is 0 Å². The molecular formula is C16H12N2O2S2. The van der Waals surface area contributed by atoms with Gasteiger partial charge in [0.2, 0.25) is 6.79 Å². The molecule has 0 atom stereocenters. The van der Waals surface area contributed by atoms with Gasteiger partial charge in [0.1, 0.15) is 5.01 Å². The minimum Gasteiger partial charge on any atom is -0.454 e. The summed E-state index contributed by atoms with van der Waals surface area (Å²) in [7, 11) is 0. The summed E-state index contributed by atoms with van der Waals surface area (Å²) in [5, 5.41) is 1.15. The molecule has 6 heteroatoms. The van der Waals surface area contributed by atoms with Gasteiger partial charge in [0.25, 0.3) is 0 Å². The van der Waals surface area contributed by atoms with Crippen LogP contribution >= 0.6 is 23.1 Å². The van der Waals surface area contributed by atoms with Crippen LogP contribution in [0.1, 0.15) is 5.01 Å². The number of aromatic nitrogens is 1. The fourth-order valence-electron chi connectivity index (χ4n) is 2.82. The van der Waals surface area contributed by atoms with E-state index in [1.165, 1.54) is 15.3 Å². The minimum absolute atomic E-state index is 0.324. The molecule has 110 valence electrons. The monoisotopic (exact) mass is 328 g/mol. The zero-order chi connectivity index (χ0) is 14.5. The molecule has 3 heterocycles. The molecule has 0 fully saturated rings. The third-order valence-corrected chi connectivity index (χ3v) is 5.99. The first-order chi connectivity index (χ1) is 10.9. The standard InChI is InChI=1S/C16H12N2O2S2/c1-2-4-13-10(3-1)17-14(22-13)7-18-8-21-16-11(18)5-6-12-15(16)20-9-19-12/h1-6H,7-9H2. The molecule has 5 rings (SSSR count). The lowest BCUT2D eigenvalue weighted by Crippen LogP contribution is -2.17. The lowest BCUT2D eigenvalue weighted by atomic mass is 10.2. The molecule has 22 heavy (non-hydrogen) atoms. The van der Waals surface area contributed by atoms with Crippen LogP contribution in [0.25, 0.3) is 10.2 Å². The number of rotatable bonds is 2. The number of hydrogen-bond donors (Lipinski definition) is 0. The Morgan fingerprint density at radius 1 is 1.14 bits per heavy atom. The second kappa shape index (κ2) is 4.79. The molecule has 0 N–H and O–H groups in total. The second-order valence-corrected chi connectivity index (χ2v) is 7.26. The molecule has 0 saturated carbocycles. The van der Waals surface area contributed by atoms with Crippen LogP contribution in [0.4, 0.5) is 5.69 Å². The zero-order valence-electron chi connectivity index (χ0n) is 11.6. The van der Waals surface area contributed by atoms with Crippen molar-refractivity contribution in [2.75, 3.05) is 17.6 Å². The highest BCUT2D eigenvalue weighted by Gasteiger charge is 2.29. The summed E-state index contributed by atoms with van der Waals surface area (Å²) in [4.78, 5) is 8.27. The Kier molecular flexibility index (Phi) is 2.75. The molecule has 1 aromatic heterocycles. The van der Waals surface area contributed by atoms with Gasteiger partial charge in [0.15, 0.2) is 11.5 Å². The summed E-state index contributed by atoms with van der Waals surface area (Å²) in [6.07, 6.45) is 0. The number of thiazole rings is 1. The fraction of sp³-hybridized carbons (Fsp3) is 0.188. The molecule has 0 radical (unpaired) electrons. The molecule has 2 aromatic carbocycles. The highest BCUT2D eigenvalue weighted by atomic mass is 32.2. The number of fused-ring (bicyclic) bond motifs is 4. The van der Waals surface area contributed by atoms with Gasteiger partial charge in [-0.05, 0) is 24.3 Å². The van der Waals surface area contributed by atoms with Gasteiger partial charge < -0.3 is 14.4 Å². The van der Waals surface area contributed by atoms with E-state index in [2.05, 4.69) is 29.2 Å². The van der Waals surface area contributed by atoms with Gasteiger partial charge in [-0.1, -0.05) is 23.9 Å². The highest BCUT2D eigenvalue weighted by Crippen LogP contribution is 2.51. The molecule has 0 aliphatic carbocycles. The van der Waals surface area contributed by atoms with Crippen molar-refractivity contribution < 1.29 is 9.47 Å².